The molecule has 0 N–H and O–H groups in total. The molecule has 0 bridgehead atoms. The molecule has 0 unspecified atom stereocenters. The van der Waals surface area contributed by atoms with Gasteiger partial charge in [0.1, 0.15) is 5.76 Å². The van der Waals surface area contributed by atoms with Crippen LogP contribution in [0.15, 0.2) is 10.8 Å². The van der Waals surface area contributed by atoms with Gasteiger partial charge in [-0.2, -0.15) is 0 Å². The quantitative estimate of drug-likeness (QED) is 0.678. The number of rotatable bonds is 4. The molecule has 0 spiro atoms. The molecular weight excluding hydrogens is 174 g/mol. The largest absolute Gasteiger partial charge is 0.448 e. The van der Waals surface area contributed by atoms with Gasteiger partial charge in [0.15, 0.2) is 6.39 Å². The zero-order valence-corrected chi connectivity index (χ0v) is 8.27. The summed E-state index contributed by atoms with van der Waals surface area (Å²) in [5, 5.41) is 0. The third kappa shape index (κ3) is 2.52. The summed E-state index contributed by atoms with van der Waals surface area (Å²) in [6, 6.07) is 0. The maximum Gasteiger partial charge on any atom is 0.181 e. The van der Waals surface area contributed by atoms with Crippen LogP contribution >= 0.6 is 11.6 Å². The number of nitrogens with zero attached hydrogens (tertiary/aromatic N) is 1. The topological polar surface area (TPSA) is 26.0 Å². The van der Waals surface area contributed by atoms with E-state index in [2.05, 4.69) is 18.8 Å². The van der Waals surface area contributed by atoms with Crippen LogP contribution in [0.3, 0.4) is 0 Å². The van der Waals surface area contributed by atoms with Crippen LogP contribution in [0.4, 0.5) is 0 Å². The van der Waals surface area contributed by atoms with E-state index in [1.54, 1.807) is 0 Å². The third-order valence-corrected chi connectivity index (χ3v) is 2.05. The Morgan fingerprint density at radius 2 is 2.33 bits per heavy atom. The Balaban J connectivity index is 2.50. The predicted octanol–water partition coefficient (Wildman–Crippen LogP) is 3.00. The van der Waals surface area contributed by atoms with Crippen molar-refractivity contribution in [2.45, 2.75) is 32.6 Å². The van der Waals surface area contributed by atoms with E-state index in [0.29, 0.717) is 11.8 Å². The van der Waals surface area contributed by atoms with Gasteiger partial charge < -0.3 is 4.42 Å². The highest BCUT2D eigenvalue weighted by molar-refractivity contribution is 6.16. The SMILES string of the molecule is CC(C)CCc1ocnc1CCl. The molecule has 1 aromatic heterocycles. The maximum absolute atomic E-state index is 5.67. The minimum Gasteiger partial charge on any atom is -0.448 e. The van der Waals surface area contributed by atoms with Crippen molar-refractivity contribution in [1.82, 2.24) is 4.98 Å². The lowest BCUT2D eigenvalue weighted by atomic mass is 10.1. The Morgan fingerprint density at radius 3 is 2.92 bits per heavy atom. The molecule has 0 radical (unpaired) electrons. The second-order valence-corrected chi connectivity index (χ2v) is 3.56. The van der Waals surface area contributed by atoms with E-state index in [4.69, 9.17) is 16.0 Å². The average molecular weight is 188 g/mol. The van der Waals surface area contributed by atoms with Crippen LogP contribution in [0.2, 0.25) is 0 Å². The maximum atomic E-state index is 5.67. The number of aromatic nitrogens is 1. The summed E-state index contributed by atoms with van der Waals surface area (Å²) in [4.78, 5) is 4.01. The van der Waals surface area contributed by atoms with E-state index in [9.17, 15) is 0 Å². The minimum atomic E-state index is 0.448. The zero-order chi connectivity index (χ0) is 8.97. The lowest BCUT2D eigenvalue weighted by Crippen LogP contribution is -1.93. The van der Waals surface area contributed by atoms with E-state index in [1.807, 2.05) is 0 Å². The van der Waals surface area contributed by atoms with E-state index >= 15 is 0 Å². The van der Waals surface area contributed by atoms with Crippen molar-refractivity contribution < 1.29 is 4.42 Å². The number of alkyl halides is 1. The summed E-state index contributed by atoms with van der Waals surface area (Å²) in [6.07, 6.45) is 3.53. The highest BCUT2D eigenvalue weighted by Gasteiger charge is 2.06. The molecule has 0 atom stereocenters. The minimum absolute atomic E-state index is 0.448. The second-order valence-electron chi connectivity index (χ2n) is 3.29. The number of hydrogen-bond donors (Lipinski definition) is 0. The van der Waals surface area contributed by atoms with E-state index in [0.717, 1.165) is 24.3 Å². The van der Waals surface area contributed by atoms with Gasteiger partial charge in [-0.3, -0.25) is 0 Å². The van der Waals surface area contributed by atoms with Gasteiger partial charge in [0, 0.05) is 6.42 Å². The molecule has 1 heterocycles. The first kappa shape index (κ1) is 9.59. The van der Waals surface area contributed by atoms with Gasteiger partial charge in [0.05, 0.1) is 11.6 Å². The first-order chi connectivity index (χ1) is 5.74. The van der Waals surface area contributed by atoms with Gasteiger partial charge in [-0.15, -0.1) is 11.6 Å². The van der Waals surface area contributed by atoms with Crippen LogP contribution in [-0.2, 0) is 12.3 Å². The number of hydrogen-bond acceptors (Lipinski definition) is 2. The molecule has 0 aromatic carbocycles. The molecular formula is C9H14ClNO. The van der Waals surface area contributed by atoms with E-state index < -0.39 is 0 Å². The monoisotopic (exact) mass is 187 g/mol. The molecule has 12 heavy (non-hydrogen) atoms. The van der Waals surface area contributed by atoms with Gasteiger partial charge in [0.2, 0.25) is 0 Å². The van der Waals surface area contributed by atoms with Crippen LogP contribution in [0.5, 0.6) is 0 Å². The summed E-state index contributed by atoms with van der Waals surface area (Å²) in [5.41, 5.74) is 0.886. The lowest BCUT2D eigenvalue weighted by Gasteiger charge is -2.01. The Labute approximate surface area is 77.9 Å². The smallest absolute Gasteiger partial charge is 0.181 e. The predicted molar refractivity (Wildman–Crippen MR) is 49.2 cm³/mol. The van der Waals surface area contributed by atoms with Crippen molar-refractivity contribution in [1.29, 1.82) is 0 Å². The summed E-state index contributed by atoms with van der Waals surface area (Å²) in [7, 11) is 0. The Kier molecular flexibility index (Phi) is 3.60. The lowest BCUT2D eigenvalue weighted by molar-refractivity contribution is 0.470. The number of aryl methyl sites for hydroxylation is 1. The first-order valence-corrected chi connectivity index (χ1v) is 4.74. The van der Waals surface area contributed by atoms with Crippen molar-refractivity contribution in [3.63, 3.8) is 0 Å². The highest BCUT2D eigenvalue weighted by Crippen LogP contribution is 2.14. The highest BCUT2D eigenvalue weighted by atomic mass is 35.5. The second kappa shape index (κ2) is 4.51. The van der Waals surface area contributed by atoms with Crippen molar-refractivity contribution in [2.75, 3.05) is 0 Å². The Hall–Kier alpha value is -0.500. The normalized spacial score (nSPS) is 11.0. The first-order valence-electron chi connectivity index (χ1n) is 4.21. The molecule has 0 saturated carbocycles. The van der Waals surface area contributed by atoms with Crippen molar-refractivity contribution in [2.24, 2.45) is 5.92 Å². The summed E-state index contributed by atoms with van der Waals surface area (Å²) in [6.45, 7) is 4.38. The molecule has 2 nitrogen and oxygen atoms in total. The van der Waals surface area contributed by atoms with Crippen molar-refractivity contribution in [3.05, 3.63) is 17.8 Å². The molecule has 1 aromatic rings. The fourth-order valence-electron chi connectivity index (χ4n) is 1.03. The van der Waals surface area contributed by atoms with Crippen molar-refractivity contribution in [3.8, 4) is 0 Å². The standard InChI is InChI=1S/C9H14ClNO/c1-7(2)3-4-9-8(5-10)11-6-12-9/h6-7H,3-5H2,1-2H3. The van der Waals surface area contributed by atoms with Crippen molar-refractivity contribution >= 4 is 11.6 Å². The molecule has 68 valence electrons. The van der Waals surface area contributed by atoms with Crippen LogP contribution in [0.1, 0.15) is 31.7 Å². The molecule has 0 saturated heterocycles. The van der Waals surface area contributed by atoms with E-state index in [-0.39, 0.29) is 0 Å². The van der Waals surface area contributed by atoms with E-state index in [1.165, 1.54) is 6.39 Å². The van der Waals surface area contributed by atoms with Gasteiger partial charge >= 0.3 is 0 Å². The Bertz CT molecular complexity index is 232. The molecule has 0 aliphatic rings. The van der Waals surface area contributed by atoms with Crippen LogP contribution in [0, 0.1) is 5.92 Å². The van der Waals surface area contributed by atoms with Crippen LogP contribution < -0.4 is 0 Å². The average Bonchev–Trinajstić information content (AvgIpc) is 2.47. The third-order valence-electron chi connectivity index (χ3n) is 1.80. The number of oxazole rings is 1. The summed E-state index contributed by atoms with van der Waals surface area (Å²) >= 11 is 5.67. The zero-order valence-electron chi connectivity index (χ0n) is 7.51. The van der Waals surface area contributed by atoms with Gasteiger partial charge in [-0.05, 0) is 12.3 Å². The van der Waals surface area contributed by atoms with Crippen LogP contribution in [0.25, 0.3) is 0 Å². The molecule has 0 aliphatic carbocycles. The fraction of sp³-hybridized carbons (Fsp3) is 0.667. The summed E-state index contributed by atoms with van der Waals surface area (Å²) in [5.74, 6) is 2.08. The van der Waals surface area contributed by atoms with Gasteiger partial charge in [-0.1, -0.05) is 13.8 Å². The van der Waals surface area contributed by atoms with Gasteiger partial charge in [-0.25, -0.2) is 4.98 Å². The molecule has 0 fully saturated rings. The molecule has 0 aliphatic heterocycles. The Morgan fingerprint density at radius 1 is 1.58 bits per heavy atom. The fourth-order valence-corrected chi connectivity index (χ4v) is 1.24. The molecule has 0 amide bonds. The molecule has 3 heteroatoms. The molecule has 1 rings (SSSR count). The van der Waals surface area contributed by atoms with Crippen LogP contribution in [-0.4, -0.2) is 4.98 Å². The summed E-state index contributed by atoms with van der Waals surface area (Å²) < 4.78 is 5.21. The number of halogens is 1. The van der Waals surface area contributed by atoms with Gasteiger partial charge in [0.25, 0.3) is 0 Å².